The summed E-state index contributed by atoms with van der Waals surface area (Å²) in [5.74, 6) is 0. The third-order valence-electron chi connectivity index (χ3n) is 3.76. The summed E-state index contributed by atoms with van der Waals surface area (Å²) in [6.07, 6.45) is 3.09. The molecule has 0 aliphatic carbocycles. The van der Waals surface area contributed by atoms with E-state index in [0.717, 1.165) is 32.3 Å². The van der Waals surface area contributed by atoms with E-state index in [9.17, 15) is 0 Å². The average Bonchev–Trinajstić information content (AvgIpc) is 2.49. The fraction of sp³-hybridized carbons (Fsp3) is 1.00. The van der Waals surface area contributed by atoms with Gasteiger partial charge in [0, 0.05) is 26.2 Å². The molecule has 0 bridgehead atoms. The molecule has 0 aromatic heterocycles. The Morgan fingerprint density at radius 2 is 0.818 bits per heavy atom. The minimum Gasteiger partial charge on any atom is -0.385 e. The molecule has 0 aromatic rings. The molecule has 2 radical (unpaired) electrons. The molecule has 0 aliphatic heterocycles. The summed E-state index contributed by atoms with van der Waals surface area (Å²) >= 11 is 0. The van der Waals surface area contributed by atoms with Gasteiger partial charge in [0.1, 0.15) is 21.4 Å². The molecule has 0 unspecified atom stereocenters. The summed E-state index contributed by atoms with van der Waals surface area (Å²) in [6.45, 7) is 29.1. The van der Waals surface area contributed by atoms with Crippen molar-refractivity contribution in [2.75, 3.05) is 33.0 Å². The van der Waals surface area contributed by atoms with Crippen LogP contribution in [0.25, 0.3) is 0 Å². The lowest BCUT2D eigenvalue weighted by Crippen LogP contribution is -2.25. The topological polar surface area (TPSA) is 36.9 Å². The molecular formula is C27H64B2O4. The number of rotatable bonds is 12. The second-order valence-corrected chi connectivity index (χ2v) is 12.2. The van der Waals surface area contributed by atoms with E-state index in [1.807, 2.05) is 0 Å². The minimum atomic E-state index is -0.0432. The second kappa shape index (κ2) is 21.3. The van der Waals surface area contributed by atoms with Gasteiger partial charge in [0.05, 0.1) is 11.2 Å². The minimum absolute atomic E-state index is 0. The second-order valence-electron chi connectivity index (χ2n) is 12.2. The predicted octanol–water partition coefficient (Wildman–Crippen LogP) is 8.07. The van der Waals surface area contributed by atoms with Crippen molar-refractivity contribution in [1.82, 2.24) is 0 Å². The van der Waals surface area contributed by atoms with E-state index < -0.39 is 0 Å². The third kappa shape index (κ3) is 50.0. The summed E-state index contributed by atoms with van der Waals surface area (Å²) in [6, 6.07) is 0. The SMILES string of the molecule is C.C.C.CC(C)(C)CCOCOCCC(C)(C)C.CC(C)(C)OC[B]C[B]COC(C)(C)C. The lowest BCUT2D eigenvalue weighted by atomic mass is 9.56. The Balaban J connectivity index is -0.000000145. The van der Waals surface area contributed by atoms with Gasteiger partial charge in [-0.3, -0.25) is 0 Å². The lowest BCUT2D eigenvalue weighted by molar-refractivity contribution is -0.0645. The smallest absolute Gasteiger partial charge is 0.146 e. The molecule has 0 atom stereocenters. The van der Waals surface area contributed by atoms with E-state index in [2.05, 4.69) is 97.6 Å². The van der Waals surface area contributed by atoms with Crippen LogP contribution in [0.3, 0.4) is 0 Å². The Morgan fingerprint density at radius 3 is 1.06 bits per heavy atom. The van der Waals surface area contributed by atoms with E-state index in [0.29, 0.717) is 30.6 Å². The number of hydrogen-bond donors (Lipinski definition) is 0. The molecule has 0 heterocycles. The summed E-state index contributed by atoms with van der Waals surface area (Å²) < 4.78 is 21.9. The van der Waals surface area contributed by atoms with Crippen molar-refractivity contribution in [2.45, 2.75) is 136 Å². The Bertz CT molecular complexity index is 315. The normalized spacial score (nSPS) is 11.8. The predicted molar refractivity (Wildman–Crippen MR) is 153 cm³/mol. The Kier molecular flexibility index (Phi) is 27.8. The first kappa shape index (κ1) is 43.1. The van der Waals surface area contributed by atoms with E-state index in [-0.39, 0.29) is 33.5 Å². The summed E-state index contributed by atoms with van der Waals surface area (Å²) in [5, 5.41) is 0. The molecule has 0 aliphatic rings. The van der Waals surface area contributed by atoms with Crippen LogP contribution >= 0.6 is 0 Å². The molecule has 0 saturated heterocycles. The molecule has 0 rings (SSSR count). The van der Waals surface area contributed by atoms with E-state index >= 15 is 0 Å². The van der Waals surface area contributed by atoms with E-state index in [1.54, 1.807) is 0 Å². The van der Waals surface area contributed by atoms with Crippen LogP contribution in [0.2, 0.25) is 6.22 Å². The van der Waals surface area contributed by atoms with Crippen molar-refractivity contribution in [1.29, 1.82) is 0 Å². The van der Waals surface area contributed by atoms with Crippen LogP contribution in [-0.2, 0) is 18.9 Å². The first-order chi connectivity index (χ1) is 13.4. The highest BCUT2D eigenvalue weighted by Gasteiger charge is 2.12. The highest BCUT2D eigenvalue weighted by Crippen LogP contribution is 2.19. The molecule has 0 saturated carbocycles. The van der Waals surface area contributed by atoms with Crippen molar-refractivity contribution in [3.8, 4) is 0 Å². The lowest BCUT2D eigenvalue weighted by Gasteiger charge is -2.20. The first-order valence-electron chi connectivity index (χ1n) is 11.5. The van der Waals surface area contributed by atoms with Crippen LogP contribution in [0, 0.1) is 10.8 Å². The largest absolute Gasteiger partial charge is 0.385 e. The van der Waals surface area contributed by atoms with Gasteiger partial charge >= 0.3 is 0 Å². The van der Waals surface area contributed by atoms with Gasteiger partial charge in [0.15, 0.2) is 0 Å². The molecule has 0 fully saturated rings. The highest BCUT2D eigenvalue weighted by atomic mass is 16.7. The van der Waals surface area contributed by atoms with E-state index in [4.69, 9.17) is 18.9 Å². The summed E-state index contributed by atoms with van der Waals surface area (Å²) in [7, 11) is 4.24. The molecule has 0 spiro atoms. The van der Waals surface area contributed by atoms with Crippen molar-refractivity contribution in [3.63, 3.8) is 0 Å². The van der Waals surface area contributed by atoms with Gasteiger partial charge in [-0.2, -0.15) is 0 Å². The molecule has 0 aromatic carbocycles. The molecule has 33 heavy (non-hydrogen) atoms. The fourth-order valence-corrected chi connectivity index (χ4v) is 1.81. The summed E-state index contributed by atoms with van der Waals surface area (Å²) in [4.78, 5) is 0. The van der Waals surface area contributed by atoms with Gasteiger partial charge in [-0.05, 0) is 65.2 Å². The van der Waals surface area contributed by atoms with Gasteiger partial charge in [0.2, 0.25) is 0 Å². The van der Waals surface area contributed by atoms with Gasteiger partial charge in [-0.15, -0.1) is 6.22 Å². The van der Waals surface area contributed by atoms with Gasteiger partial charge in [-0.25, -0.2) is 0 Å². The van der Waals surface area contributed by atoms with Crippen LogP contribution in [0.4, 0.5) is 0 Å². The van der Waals surface area contributed by atoms with Crippen LogP contribution < -0.4 is 0 Å². The van der Waals surface area contributed by atoms with E-state index in [1.165, 1.54) is 0 Å². The third-order valence-corrected chi connectivity index (χ3v) is 3.76. The van der Waals surface area contributed by atoms with Crippen molar-refractivity contribution in [3.05, 3.63) is 0 Å². The monoisotopic (exact) mass is 474 g/mol. The van der Waals surface area contributed by atoms with Gasteiger partial charge in [0.25, 0.3) is 0 Å². The first-order valence-corrected chi connectivity index (χ1v) is 11.5. The maximum absolute atomic E-state index is 5.56. The van der Waals surface area contributed by atoms with Crippen molar-refractivity contribution in [2.24, 2.45) is 10.8 Å². The Labute approximate surface area is 213 Å². The molecule has 0 N–H and O–H groups in total. The molecule has 4 nitrogen and oxygen atoms in total. The zero-order chi connectivity index (χ0) is 23.9. The molecule has 6 heteroatoms. The van der Waals surface area contributed by atoms with Crippen molar-refractivity contribution >= 4 is 14.6 Å². The maximum Gasteiger partial charge on any atom is 0.146 e. The molecule has 0 amide bonds. The highest BCUT2D eigenvalue weighted by molar-refractivity contribution is 6.55. The van der Waals surface area contributed by atoms with Crippen molar-refractivity contribution < 1.29 is 18.9 Å². The Morgan fingerprint density at radius 1 is 0.515 bits per heavy atom. The zero-order valence-electron chi connectivity index (χ0n) is 22.4. The van der Waals surface area contributed by atoms with Crippen LogP contribution in [-0.4, -0.2) is 58.8 Å². The fourth-order valence-electron chi connectivity index (χ4n) is 1.81. The summed E-state index contributed by atoms with van der Waals surface area (Å²) in [5.41, 5.74) is 0.619. The van der Waals surface area contributed by atoms with Crippen LogP contribution in [0.1, 0.15) is 118 Å². The zero-order valence-corrected chi connectivity index (χ0v) is 22.4. The van der Waals surface area contributed by atoms with Gasteiger partial charge < -0.3 is 18.9 Å². The number of hydrogen-bond acceptors (Lipinski definition) is 4. The maximum atomic E-state index is 5.56. The molecule has 202 valence electrons. The molecular weight excluding hydrogens is 410 g/mol. The van der Waals surface area contributed by atoms with Crippen LogP contribution in [0.5, 0.6) is 0 Å². The standard InChI is InChI=1S/C13H28O2.C11H24B2O2.3CH4/c1-12(2,3)7-9-14-11-15-10-8-13(4,5)6;1-10(2,3)14-8-12-7-13-9-15-11(4,5)6;;;/h7-11H2,1-6H3;7-9H2,1-6H3;3*1H4. The number of ether oxygens (including phenoxy) is 4. The average molecular weight is 474 g/mol. The Hall–Kier alpha value is -0.0301. The quantitative estimate of drug-likeness (QED) is 0.163. The van der Waals surface area contributed by atoms with Crippen LogP contribution in [0.15, 0.2) is 0 Å². The van der Waals surface area contributed by atoms with Gasteiger partial charge in [-0.1, -0.05) is 63.8 Å².